The van der Waals surface area contributed by atoms with Crippen LogP contribution >= 0.6 is 0 Å². The molecule has 2 unspecified atom stereocenters. The monoisotopic (exact) mass is 218 g/mol. The standard InChI is InChI=1S/C14H22N2/c1-10-4-11(2)6-13(5-10)8-16-7-12(3)14(15)9-16/h4-6,12,14H,7-9,15H2,1-3H3. The van der Waals surface area contributed by atoms with Crippen LogP contribution in [0, 0.1) is 19.8 Å². The van der Waals surface area contributed by atoms with Gasteiger partial charge in [-0.2, -0.15) is 0 Å². The maximum absolute atomic E-state index is 6.04. The van der Waals surface area contributed by atoms with Crippen molar-refractivity contribution in [1.29, 1.82) is 0 Å². The van der Waals surface area contributed by atoms with Gasteiger partial charge < -0.3 is 5.73 Å². The van der Waals surface area contributed by atoms with Crippen LogP contribution in [0.5, 0.6) is 0 Å². The number of nitrogens with zero attached hydrogens (tertiary/aromatic N) is 1. The fourth-order valence-electron chi connectivity index (χ4n) is 2.64. The molecule has 0 spiro atoms. The SMILES string of the molecule is Cc1cc(C)cc(CN2CC(C)C(N)C2)c1. The minimum atomic E-state index is 0.353. The first-order valence-corrected chi connectivity index (χ1v) is 6.09. The molecule has 1 heterocycles. The van der Waals surface area contributed by atoms with Crippen LogP contribution in [-0.4, -0.2) is 24.0 Å². The largest absolute Gasteiger partial charge is 0.326 e. The average molecular weight is 218 g/mol. The maximum atomic E-state index is 6.04. The lowest BCUT2D eigenvalue weighted by molar-refractivity contribution is 0.319. The zero-order chi connectivity index (χ0) is 11.7. The number of nitrogens with two attached hydrogens (primary N) is 1. The fraction of sp³-hybridized carbons (Fsp3) is 0.571. The van der Waals surface area contributed by atoms with E-state index in [2.05, 4.69) is 43.9 Å². The molecule has 88 valence electrons. The van der Waals surface area contributed by atoms with E-state index in [1.807, 2.05) is 0 Å². The van der Waals surface area contributed by atoms with Crippen LogP contribution < -0.4 is 5.73 Å². The van der Waals surface area contributed by atoms with Gasteiger partial charge in [0.05, 0.1) is 0 Å². The van der Waals surface area contributed by atoms with E-state index in [0.29, 0.717) is 12.0 Å². The molecule has 0 aliphatic carbocycles. The topological polar surface area (TPSA) is 29.3 Å². The molecule has 1 aliphatic rings. The molecule has 1 fully saturated rings. The third kappa shape index (κ3) is 2.63. The molecule has 1 aliphatic heterocycles. The van der Waals surface area contributed by atoms with Gasteiger partial charge in [0.25, 0.3) is 0 Å². The first-order chi connectivity index (χ1) is 7.54. The van der Waals surface area contributed by atoms with Gasteiger partial charge in [0.2, 0.25) is 0 Å². The second-order valence-corrected chi connectivity index (χ2v) is 5.33. The Morgan fingerprint density at radius 1 is 1.19 bits per heavy atom. The minimum Gasteiger partial charge on any atom is -0.326 e. The van der Waals surface area contributed by atoms with Crippen molar-refractivity contribution in [3.05, 3.63) is 34.9 Å². The van der Waals surface area contributed by atoms with Crippen molar-refractivity contribution < 1.29 is 0 Å². The molecule has 0 aromatic heterocycles. The van der Waals surface area contributed by atoms with E-state index in [1.54, 1.807) is 0 Å². The van der Waals surface area contributed by atoms with E-state index in [1.165, 1.54) is 16.7 Å². The molecule has 2 heteroatoms. The molecular weight excluding hydrogens is 196 g/mol. The first kappa shape index (κ1) is 11.6. The number of hydrogen-bond acceptors (Lipinski definition) is 2. The summed E-state index contributed by atoms with van der Waals surface area (Å²) in [5.41, 5.74) is 10.2. The quantitative estimate of drug-likeness (QED) is 0.823. The van der Waals surface area contributed by atoms with Gasteiger partial charge in [-0.1, -0.05) is 36.2 Å². The van der Waals surface area contributed by atoms with Crippen molar-refractivity contribution >= 4 is 0 Å². The normalized spacial score (nSPS) is 26.2. The Morgan fingerprint density at radius 2 is 1.81 bits per heavy atom. The highest BCUT2D eigenvalue weighted by molar-refractivity contribution is 5.28. The van der Waals surface area contributed by atoms with Crippen LogP contribution in [0.4, 0.5) is 0 Å². The van der Waals surface area contributed by atoms with Gasteiger partial charge in [0, 0.05) is 25.7 Å². The number of rotatable bonds is 2. The molecule has 0 amide bonds. The average Bonchev–Trinajstić information content (AvgIpc) is 2.43. The van der Waals surface area contributed by atoms with Crippen molar-refractivity contribution in [3.8, 4) is 0 Å². The van der Waals surface area contributed by atoms with Crippen molar-refractivity contribution in [1.82, 2.24) is 4.90 Å². The summed E-state index contributed by atoms with van der Waals surface area (Å²) in [6.07, 6.45) is 0. The molecule has 1 aromatic rings. The number of benzene rings is 1. The number of hydrogen-bond donors (Lipinski definition) is 1. The van der Waals surface area contributed by atoms with Crippen molar-refractivity contribution in [2.24, 2.45) is 11.7 Å². The Labute approximate surface area is 98.4 Å². The molecule has 0 saturated carbocycles. The van der Waals surface area contributed by atoms with E-state index >= 15 is 0 Å². The Morgan fingerprint density at radius 3 is 2.31 bits per heavy atom. The van der Waals surface area contributed by atoms with Crippen LogP contribution in [0.15, 0.2) is 18.2 Å². The lowest BCUT2D eigenvalue weighted by Crippen LogP contribution is -2.28. The summed E-state index contributed by atoms with van der Waals surface area (Å²) in [6, 6.07) is 7.14. The molecular formula is C14H22N2. The van der Waals surface area contributed by atoms with Gasteiger partial charge in [-0.3, -0.25) is 4.90 Å². The summed E-state index contributed by atoms with van der Waals surface area (Å²) in [5.74, 6) is 0.630. The summed E-state index contributed by atoms with van der Waals surface area (Å²) in [7, 11) is 0. The highest BCUT2D eigenvalue weighted by Gasteiger charge is 2.26. The lowest BCUT2D eigenvalue weighted by atomic mass is 10.1. The highest BCUT2D eigenvalue weighted by Crippen LogP contribution is 2.18. The second kappa shape index (κ2) is 4.56. The molecule has 1 saturated heterocycles. The third-order valence-electron chi connectivity index (χ3n) is 3.43. The van der Waals surface area contributed by atoms with Crippen LogP contribution in [-0.2, 0) is 6.54 Å². The molecule has 2 N–H and O–H groups in total. The van der Waals surface area contributed by atoms with E-state index in [4.69, 9.17) is 5.73 Å². The number of likely N-dealkylation sites (tertiary alicyclic amines) is 1. The third-order valence-corrected chi connectivity index (χ3v) is 3.43. The first-order valence-electron chi connectivity index (χ1n) is 6.09. The lowest BCUT2D eigenvalue weighted by Gasteiger charge is -2.16. The minimum absolute atomic E-state index is 0.353. The van der Waals surface area contributed by atoms with E-state index < -0.39 is 0 Å². The van der Waals surface area contributed by atoms with Gasteiger partial charge in [0.15, 0.2) is 0 Å². The second-order valence-electron chi connectivity index (χ2n) is 5.33. The van der Waals surface area contributed by atoms with E-state index in [0.717, 1.165) is 19.6 Å². The predicted octanol–water partition coefficient (Wildman–Crippen LogP) is 2.08. The van der Waals surface area contributed by atoms with E-state index in [9.17, 15) is 0 Å². The molecule has 2 rings (SSSR count). The molecule has 1 aromatic carbocycles. The Kier molecular flexibility index (Phi) is 3.31. The van der Waals surface area contributed by atoms with Crippen LogP contribution in [0.1, 0.15) is 23.6 Å². The van der Waals surface area contributed by atoms with Crippen molar-refractivity contribution in [3.63, 3.8) is 0 Å². The Bertz CT molecular complexity index is 343. The zero-order valence-electron chi connectivity index (χ0n) is 10.5. The van der Waals surface area contributed by atoms with Gasteiger partial charge in [-0.15, -0.1) is 0 Å². The maximum Gasteiger partial charge on any atom is 0.0234 e. The number of aryl methyl sites for hydroxylation is 2. The molecule has 0 radical (unpaired) electrons. The van der Waals surface area contributed by atoms with Crippen LogP contribution in [0.3, 0.4) is 0 Å². The molecule has 2 atom stereocenters. The summed E-state index contributed by atoms with van der Waals surface area (Å²) >= 11 is 0. The van der Waals surface area contributed by atoms with Crippen LogP contribution in [0.2, 0.25) is 0 Å². The fourth-order valence-corrected chi connectivity index (χ4v) is 2.64. The van der Waals surface area contributed by atoms with E-state index in [-0.39, 0.29) is 0 Å². The highest BCUT2D eigenvalue weighted by atomic mass is 15.2. The molecule has 2 nitrogen and oxygen atoms in total. The smallest absolute Gasteiger partial charge is 0.0234 e. The van der Waals surface area contributed by atoms with Crippen molar-refractivity contribution in [2.45, 2.75) is 33.4 Å². The summed E-state index contributed by atoms with van der Waals surface area (Å²) in [5, 5.41) is 0. The predicted molar refractivity (Wildman–Crippen MR) is 68.3 cm³/mol. The molecule has 0 bridgehead atoms. The van der Waals surface area contributed by atoms with Crippen LogP contribution in [0.25, 0.3) is 0 Å². The summed E-state index contributed by atoms with van der Waals surface area (Å²) in [6.45, 7) is 9.78. The Hall–Kier alpha value is -0.860. The Balaban J connectivity index is 2.04. The van der Waals surface area contributed by atoms with Gasteiger partial charge in [-0.25, -0.2) is 0 Å². The summed E-state index contributed by atoms with van der Waals surface area (Å²) < 4.78 is 0. The zero-order valence-corrected chi connectivity index (χ0v) is 10.5. The van der Waals surface area contributed by atoms with Gasteiger partial charge >= 0.3 is 0 Å². The summed E-state index contributed by atoms with van der Waals surface area (Å²) in [4.78, 5) is 2.46. The van der Waals surface area contributed by atoms with Gasteiger partial charge in [-0.05, 0) is 25.3 Å². The molecule has 16 heavy (non-hydrogen) atoms. The van der Waals surface area contributed by atoms with Crippen molar-refractivity contribution in [2.75, 3.05) is 13.1 Å². The van der Waals surface area contributed by atoms with Gasteiger partial charge in [0.1, 0.15) is 0 Å².